The second-order valence-electron chi connectivity index (χ2n) is 4.45. The summed E-state index contributed by atoms with van der Waals surface area (Å²) in [6.45, 7) is 2.45. The third-order valence-corrected chi connectivity index (χ3v) is 4.20. The highest BCUT2D eigenvalue weighted by molar-refractivity contribution is 7.89. The minimum absolute atomic E-state index is 0.0287. The number of nitrogens with two attached hydrogens (primary N) is 1. The lowest BCUT2D eigenvalue weighted by Gasteiger charge is -2.31. The van der Waals surface area contributed by atoms with Crippen molar-refractivity contribution in [2.24, 2.45) is 11.1 Å². The molecule has 0 aliphatic heterocycles. The summed E-state index contributed by atoms with van der Waals surface area (Å²) in [4.78, 5) is 0. The molecule has 0 amide bonds. The Labute approximate surface area is 103 Å². The van der Waals surface area contributed by atoms with Crippen molar-refractivity contribution < 1.29 is 13.2 Å². The minimum Gasteiger partial charge on any atom is -0.402 e. The second kappa shape index (κ2) is 5.66. The van der Waals surface area contributed by atoms with Gasteiger partial charge in [0, 0.05) is 24.8 Å². The first-order valence-corrected chi connectivity index (χ1v) is 7.14. The van der Waals surface area contributed by atoms with Crippen LogP contribution in [0.1, 0.15) is 13.3 Å². The predicted octanol–water partition coefficient (Wildman–Crippen LogP) is 0.361. The fourth-order valence-corrected chi connectivity index (χ4v) is 2.60. The van der Waals surface area contributed by atoms with Gasteiger partial charge in [0.2, 0.25) is 10.0 Å². The molecule has 5 nitrogen and oxygen atoms in total. The van der Waals surface area contributed by atoms with Crippen LogP contribution in [0.15, 0.2) is 23.9 Å². The fraction of sp³-hybridized carbons (Fsp3) is 0.636. The number of rotatable bonds is 6. The quantitative estimate of drug-likeness (QED) is 0.722. The molecule has 0 radical (unpaired) electrons. The number of hydrogen-bond acceptors (Lipinski definition) is 4. The Hall–Kier alpha value is -0.850. The molecule has 0 bridgehead atoms. The van der Waals surface area contributed by atoms with Crippen LogP contribution in [-0.4, -0.2) is 34.4 Å². The van der Waals surface area contributed by atoms with Gasteiger partial charge >= 0.3 is 0 Å². The van der Waals surface area contributed by atoms with Crippen molar-refractivity contribution in [2.75, 3.05) is 26.0 Å². The molecule has 0 aromatic carbocycles. The molecule has 0 fully saturated rings. The Bertz CT molecular complexity index is 414. The average molecular weight is 260 g/mol. The Morgan fingerprint density at radius 1 is 1.59 bits per heavy atom. The van der Waals surface area contributed by atoms with Crippen molar-refractivity contribution in [3.05, 3.63) is 23.9 Å². The number of allylic oxidation sites excluding steroid dienone is 3. The molecule has 0 heterocycles. The van der Waals surface area contributed by atoms with Gasteiger partial charge in [-0.05, 0) is 12.5 Å². The van der Waals surface area contributed by atoms with Gasteiger partial charge in [-0.25, -0.2) is 13.1 Å². The monoisotopic (exact) mass is 260 g/mol. The third kappa shape index (κ3) is 4.14. The van der Waals surface area contributed by atoms with Gasteiger partial charge in [0.15, 0.2) is 0 Å². The summed E-state index contributed by atoms with van der Waals surface area (Å²) in [5.41, 5.74) is 6.26. The summed E-state index contributed by atoms with van der Waals surface area (Å²) < 4.78 is 30.5. The molecule has 1 aliphatic carbocycles. The molecular formula is C11H20N2O3S. The van der Waals surface area contributed by atoms with Gasteiger partial charge in [-0.2, -0.15) is 0 Å². The van der Waals surface area contributed by atoms with E-state index in [2.05, 4.69) is 4.72 Å². The van der Waals surface area contributed by atoms with Crippen molar-refractivity contribution >= 4 is 10.0 Å². The van der Waals surface area contributed by atoms with Gasteiger partial charge in [0.1, 0.15) is 0 Å². The highest BCUT2D eigenvalue weighted by Crippen LogP contribution is 2.30. The number of ether oxygens (including phenoxy) is 1. The first-order valence-electron chi connectivity index (χ1n) is 5.49. The van der Waals surface area contributed by atoms with Gasteiger partial charge in [-0.3, -0.25) is 0 Å². The maximum absolute atomic E-state index is 11.6. The summed E-state index contributed by atoms with van der Waals surface area (Å²) in [7, 11) is -1.81. The molecule has 1 rings (SSSR count). The van der Waals surface area contributed by atoms with Crippen LogP contribution in [0.2, 0.25) is 0 Å². The van der Waals surface area contributed by atoms with E-state index in [0.29, 0.717) is 12.2 Å². The summed E-state index contributed by atoms with van der Waals surface area (Å²) in [5, 5.41) is 0. The molecule has 17 heavy (non-hydrogen) atoms. The van der Waals surface area contributed by atoms with E-state index in [-0.39, 0.29) is 17.8 Å². The molecule has 3 N–H and O–H groups in total. The normalized spacial score (nSPS) is 24.7. The minimum atomic E-state index is -3.29. The average Bonchev–Trinajstić information content (AvgIpc) is 2.29. The van der Waals surface area contributed by atoms with Crippen LogP contribution in [-0.2, 0) is 14.8 Å². The van der Waals surface area contributed by atoms with Crippen LogP contribution >= 0.6 is 0 Å². The van der Waals surface area contributed by atoms with E-state index in [4.69, 9.17) is 10.5 Å². The highest BCUT2D eigenvalue weighted by Gasteiger charge is 2.29. The molecule has 0 aromatic heterocycles. The van der Waals surface area contributed by atoms with Crippen molar-refractivity contribution in [1.29, 1.82) is 0 Å². The van der Waals surface area contributed by atoms with Crippen LogP contribution in [0, 0.1) is 5.41 Å². The maximum atomic E-state index is 11.6. The molecule has 0 saturated heterocycles. The van der Waals surface area contributed by atoms with Gasteiger partial charge in [-0.15, -0.1) is 0 Å². The molecule has 1 aliphatic rings. The number of methoxy groups -OCH3 is 1. The number of nitrogens with one attached hydrogen (secondary N) is 1. The Balaban J connectivity index is 2.56. The smallest absolute Gasteiger partial charge is 0.213 e. The number of hydrogen-bond donors (Lipinski definition) is 2. The molecule has 0 saturated carbocycles. The van der Waals surface area contributed by atoms with E-state index in [9.17, 15) is 8.42 Å². The Kier molecular flexibility index (Phi) is 4.73. The largest absolute Gasteiger partial charge is 0.402 e. The highest BCUT2D eigenvalue weighted by atomic mass is 32.2. The van der Waals surface area contributed by atoms with E-state index >= 15 is 0 Å². The van der Waals surface area contributed by atoms with E-state index in [1.165, 1.54) is 7.11 Å². The molecule has 1 unspecified atom stereocenters. The Morgan fingerprint density at radius 3 is 2.88 bits per heavy atom. The van der Waals surface area contributed by atoms with Crippen molar-refractivity contribution in [3.8, 4) is 0 Å². The van der Waals surface area contributed by atoms with Gasteiger partial charge in [0.05, 0.1) is 12.4 Å². The SMILES string of the molecule is COCCS(=O)(=O)NCC1(C)CC=CC=C1N. The van der Waals surface area contributed by atoms with Crippen molar-refractivity contribution in [2.45, 2.75) is 13.3 Å². The van der Waals surface area contributed by atoms with E-state index in [1.807, 2.05) is 25.2 Å². The summed E-state index contributed by atoms with van der Waals surface area (Å²) >= 11 is 0. The van der Waals surface area contributed by atoms with Crippen LogP contribution < -0.4 is 10.5 Å². The zero-order chi connectivity index (χ0) is 12.9. The molecule has 0 spiro atoms. The number of sulfonamides is 1. The molecule has 98 valence electrons. The zero-order valence-corrected chi connectivity index (χ0v) is 11.1. The van der Waals surface area contributed by atoms with Crippen molar-refractivity contribution in [1.82, 2.24) is 4.72 Å². The molecular weight excluding hydrogens is 240 g/mol. The lowest BCUT2D eigenvalue weighted by Crippen LogP contribution is -2.40. The first-order chi connectivity index (χ1) is 7.90. The van der Waals surface area contributed by atoms with Crippen LogP contribution in [0.5, 0.6) is 0 Å². The van der Waals surface area contributed by atoms with Crippen molar-refractivity contribution in [3.63, 3.8) is 0 Å². The van der Waals surface area contributed by atoms with Gasteiger partial charge in [0.25, 0.3) is 0 Å². The van der Waals surface area contributed by atoms with E-state index in [0.717, 1.165) is 6.42 Å². The van der Waals surface area contributed by atoms with Crippen LogP contribution in [0.25, 0.3) is 0 Å². The lowest BCUT2D eigenvalue weighted by molar-refractivity contribution is 0.216. The predicted molar refractivity (Wildman–Crippen MR) is 67.8 cm³/mol. The summed E-state index contributed by atoms with van der Waals surface area (Å²) in [6.07, 6.45) is 6.42. The Morgan fingerprint density at radius 2 is 2.29 bits per heavy atom. The molecule has 1 atom stereocenters. The second-order valence-corrected chi connectivity index (χ2v) is 6.37. The third-order valence-electron chi connectivity index (χ3n) is 2.92. The zero-order valence-electron chi connectivity index (χ0n) is 10.3. The van der Waals surface area contributed by atoms with E-state index < -0.39 is 10.0 Å². The summed E-state index contributed by atoms with van der Waals surface area (Å²) in [6, 6.07) is 0. The standard InChI is InChI=1S/C11H20N2O3S/c1-11(6-4-3-5-10(11)12)9-13-17(14,15)8-7-16-2/h3-5,13H,6-9,12H2,1-2H3. The van der Waals surface area contributed by atoms with Crippen LogP contribution in [0.3, 0.4) is 0 Å². The first kappa shape index (κ1) is 14.2. The maximum Gasteiger partial charge on any atom is 0.213 e. The summed E-state index contributed by atoms with van der Waals surface area (Å²) in [5.74, 6) is -0.0287. The lowest BCUT2D eigenvalue weighted by atomic mass is 9.81. The van der Waals surface area contributed by atoms with E-state index in [1.54, 1.807) is 0 Å². The van der Waals surface area contributed by atoms with Gasteiger partial charge < -0.3 is 10.5 Å². The topological polar surface area (TPSA) is 81.4 Å². The fourth-order valence-electron chi connectivity index (χ4n) is 1.53. The molecule has 6 heteroatoms. The molecule has 0 aromatic rings. The van der Waals surface area contributed by atoms with Crippen LogP contribution in [0.4, 0.5) is 0 Å². The van der Waals surface area contributed by atoms with Gasteiger partial charge in [-0.1, -0.05) is 19.1 Å².